The van der Waals surface area contributed by atoms with Crippen LogP contribution in [0.2, 0.25) is 0 Å². The molecule has 0 N–H and O–H groups in total. The molecule has 0 spiro atoms. The first-order valence-corrected chi connectivity index (χ1v) is 9.12. The van der Waals surface area contributed by atoms with Crippen LogP contribution in [0.1, 0.15) is 41.4 Å². The maximum Gasteiger partial charge on any atom is 0.126 e. The highest BCUT2D eigenvalue weighted by Gasteiger charge is 2.27. The van der Waals surface area contributed by atoms with Crippen LogP contribution >= 0.6 is 0 Å². The van der Waals surface area contributed by atoms with Crippen molar-refractivity contribution in [2.24, 2.45) is 0 Å². The minimum absolute atomic E-state index is 0.168. The van der Waals surface area contributed by atoms with Gasteiger partial charge < -0.3 is 0 Å². The molecule has 1 atom stereocenters. The van der Waals surface area contributed by atoms with Crippen LogP contribution in [0.5, 0.6) is 0 Å². The van der Waals surface area contributed by atoms with Crippen LogP contribution in [-0.4, -0.2) is 21.4 Å². The molecule has 4 rings (SSSR count). The summed E-state index contributed by atoms with van der Waals surface area (Å²) in [5.74, 6) is -0.168. The van der Waals surface area contributed by atoms with Gasteiger partial charge in [-0.15, -0.1) is 0 Å². The van der Waals surface area contributed by atoms with Gasteiger partial charge in [-0.1, -0.05) is 30.3 Å². The SMILES string of the molecule is Fc1ccccc1Cc1cccc([C@@H]2CCCN2Cc2cccnc2)n1. The number of halogens is 1. The number of pyridine rings is 2. The lowest BCUT2D eigenvalue weighted by Crippen LogP contribution is -2.23. The Hall–Kier alpha value is -2.59. The smallest absolute Gasteiger partial charge is 0.126 e. The average molecular weight is 347 g/mol. The Morgan fingerprint density at radius 3 is 2.81 bits per heavy atom. The molecule has 132 valence electrons. The van der Waals surface area contributed by atoms with E-state index in [0.29, 0.717) is 18.0 Å². The zero-order valence-corrected chi connectivity index (χ0v) is 14.7. The Morgan fingerprint density at radius 2 is 1.96 bits per heavy atom. The fraction of sp³-hybridized carbons (Fsp3) is 0.273. The number of likely N-dealkylation sites (tertiary alicyclic amines) is 1. The summed E-state index contributed by atoms with van der Waals surface area (Å²) in [6.07, 6.45) is 6.53. The lowest BCUT2D eigenvalue weighted by molar-refractivity contribution is 0.244. The van der Waals surface area contributed by atoms with Gasteiger partial charge in [-0.3, -0.25) is 14.9 Å². The second kappa shape index (κ2) is 7.75. The molecule has 0 amide bonds. The lowest BCUT2D eigenvalue weighted by atomic mass is 10.1. The van der Waals surface area contributed by atoms with E-state index in [1.54, 1.807) is 12.3 Å². The Balaban J connectivity index is 1.53. The summed E-state index contributed by atoms with van der Waals surface area (Å²) in [5.41, 5.74) is 3.92. The summed E-state index contributed by atoms with van der Waals surface area (Å²) < 4.78 is 13.9. The zero-order valence-electron chi connectivity index (χ0n) is 14.7. The minimum atomic E-state index is -0.168. The normalized spacial score (nSPS) is 17.5. The Bertz CT molecular complexity index is 866. The highest BCUT2D eigenvalue weighted by atomic mass is 19.1. The van der Waals surface area contributed by atoms with Crippen LogP contribution in [0, 0.1) is 5.82 Å². The first kappa shape index (κ1) is 16.9. The van der Waals surface area contributed by atoms with Crippen molar-refractivity contribution in [3.8, 4) is 0 Å². The van der Waals surface area contributed by atoms with Gasteiger partial charge in [-0.05, 0) is 54.8 Å². The van der Waals surface area contributed by atoms with E-state index in [0.717, 1.165) is 30.9 Å². The van der Waals surface area contributed by atoms with Crippen molar-refractivity contribution in [3.63, 3.8) is 0 Å². The molecule has 1 saturated heterocycles. The molecule has 0 radical (unpaired) electrons. The summed E-state index contributed by atoms with van der Waals surface area (Å²) in [4.78, 5) is 11.5. The molecule has 4 heteroatoms. The van der Waals surface area contributed by atoms with Crippen molar-refractivity contribution < 1.29 is 4.39 Å². The van der Waals surface area contributed by atoms with Gasteiger partial charge in [0, 0.05) is 31.1 Å². The quantitative estimate of drug-likeness (QED) is 0.678. The van der Waals surface area contributed by atoms with Crippen molar-refractivity contribution in [2.45, 2.75) is 31.8 Å². The molecule has 3 nitrogen and oxygen atoms in total. The lowest BCUT2D eigenvalue weighted by Gasteiger charge is -2.24. The Kier molecular flexibility index (Phi) is 5.02. The molecule has 2 aromatic heterocycles. The third-order valence-electron chi connectivity index (χ3n) is 4.97. The summed E-state index contributed by atoms with van der Waals surface area (Å²) in [6.45, 7) is 1.95. The van der Waals surface area contributed by atoms with Gasteiger partial charge in [-0.25, -0.2) is 4.39 Å². The number of hydrogen-bond acceptors (Lipinski definition) is 3. The van der Waals surface area contributed by atoms with E-state index in [9.17, 15) is 4.39 Å². The summed E-state index contributed by atoms with van der Waals surface area (Å²) in [6, 6.07) is 17.5. The van der Waals surface area contributed by atoms with Gasteiger partial charge in [0.1, 0.15) is 5.82 Å². The van der Waals surface area contributed by atoms with Crippen LogP contribution in [0.15, 0.2) is 67.0 Å². The highest BCUT2D eigenvalue weighted by Crippen LogP contribution is 2.32. The number of benzene rings is 1. The van der Waals surface area contributed by atoms with E-state index in [-0.39, 0.29) is 5.82 Å². The molecule has 1 aliphatic rings. The molecule has 0 aliphatic carbocycles. The van der Waals surface area contributed by atoms with Gasteiger partial charge >= 0.3 is 0 Å². The van der Waals surface area contributed by atoms with E-state index >= 15 is 0 Å². The largest absolute Gasteiger partial charge is 0.290 e. The highest BCUT2D eigenvalue weighted by molar-refractivity contribution is 5.25. The third kappa shape index (κ3) is 3.81. The second-order valence-corrected chi connectivity index (χ2v) is 6.81. The van der Waals surface area contributed by atoms with Crippen LogP contribution < -0.4 is 0 Å². The molecule has 26 heavy (non-hydrogen) atoms. The molecule has 1 fully saturated rings. The first-order chi connectivity index (χ1) is 12.8. The molecule has 0 unspecified atom stereocenters. The second-order valence-electron chi connectivity index (χ2n) is 6.81. The Labute approximate surface area is 153 Å². The van der Waals surface area contributed by atoms with Crippen LogP contribution in [-0.2, 0) is 13.0 Å². The van der Waals surface area contributed by atoms with Gasteiger partial charge in [-0.2, -0.15) is 0 Å². The average Bonchev–Trinajstić information content (AvgIpc) is 3.13. The zero-order chi connectivity index (χ0) is 17.8. The predicted octanol–water partition coefficient (Wildman–Crippen LogP) is 4.54. The molecule has 0 bridgehead atoms. The number of hydrogen-bond donors (Lipinski definition) is 0. The van der Waals surface area contributed by atoms with Crippen molar-refractivity contribution in [3.05, 3.63) is 95.3 Å². The van der Waals surface area contributed by atoms with Crippen LogP contribution in [0.25, 0.3) is 0 Å². The van der Waals surface area contributed by atoms with Crippen LogP contribution in [0.3, 0.4) is 0 Å². The maximum atomic E-state index is 13.9. The fourth-order valence-electron chi connectivity index (χ4n) is 3.70. The third-order valence-corrected chi connectivity index (χ3v) is 4.97. The molecule has 1 aliphatic heterocycles. The van der Waals surface area contributed by atoms with E-state index in [1.807, 2.05) is 36.5 Å². The molecule has 3 aromatic rings. The summed E-state index contributed by atoms with van der Waals surface area (Å²) >= 11 is 0. The molecule has 1 aromatic carbocycles. The first-order valence-electron chi connectivity index (χ1n) is 9.12. The van der Waals surface area contributed by atoms with Crippen molar-refractivity contribution in [2.75, 3.05) is 6.54 Å². The van der Waals surface area contributed by atoms with Gasteiger partial charge in [0.15, 0.2) is 0 Å². The van der Waals surface area contributed by atoms with Gasteiger partial charge in [0.25, 0.3) is 0 Å². The van der Waals surface area contributed by atoms with Crippen molar-refractivity contribution in [1.29, 1.82) is 0 Å². The maximum absolute atomic E-state index is 13.9. The number of nitrogens with zero attached hydrogens (tertiary/aromatic N) is 3. The van der Waals surface area contributed by atoms with Crippen molar-refractivity contribution in [1.82, 2.24) is 14.9 Å². The topological polar surface area (TPSA) is 29.0 Å². The van der Waals surface area contributed by atoms with E-state index in [2.05, 4.69) is 22.0 Å². The van der Waals surface area contributed by atoms with Crippen LogP contribution in [0.4, 0.5) is 4.39 Å². The fourth-order valence-corrected chi connectivity index (χ4v) is 3.70. The number of aromatic nitrogens is 2. The number of rotatable bonds is 5. The van der Waals surface area contributed by atoms with E-state index in [1.165, 1.54) is 18.1 Å². The van der Waals surface area contributed by atoms with Gasteiger partial charge in [0.2, 0.25) is 0 Å². The summed E-state index contributed by atoms with van der Waals surface area (Å²) in [5, 5.41) is 0. The molecule has 0 saturated carbocycles. The summed E-state index contributed by atoms with van der Waals surface area (Å²) in [7, 11) is 0. The van der Waals surface area contributed by atoms with Crippen molar-refractivity contribution >= 4 is 0 Å². The van der Waals surface area contributed by atoms with E-state index < -0.39 is 0 Å². The molecular weight excluding hydrogens is 325 g/mol. The van der Waals surface area contributed by atoms with E-state index in [4.69, 9.17) is 4.98 Å². The molecular formula is C22H22FN3. The van der Waals surface area contributed by atoms with Gasteiger partial charge in [0.05, 0.1) is 11.7 Å². The Morgan fingerprint density at radius 1 is 1.04 bits per heavy atom. The predicted molar refractivity (Wildman–Crippen MR) is 100 cm³/mol. The standard InChI is InChI=1S/C22H22FN3/c23-20-9-2-1-7-18(20)14-19-8-3-10-21(25-19)22-11-5-13-26(22)16-17-6-4-12-24-15-17/h1-4,6-10,12,15,22H,5,11,13-14,16H2/t22-/m0/s1. The monoisotopic (exact) mass is 347 g/mol. The minimum Gasteiger partial charge on any atom is -0.290 e. The molecule has 3 heterocycles.